The van der Waals surface area contributed by atoms with Gasteiger partial charge in [0.25, 0.3) is 5.91 Å². The summed E-state index contributed by atoms with van der Waals surface area (Å²) in [7, 11) is 0. The molecule has 1 N–H and O–H groups in total. The lowest BCUT2D eigenvalue weighted by Crippen LogP contribution is -2.40. The van der Waals surface area contributed by atoms with Crippen molar-refractivity contribution in [2.75, 3.05) is 13.1 Å². The lowest BCUT2D eigenvalue weighted by atomic mass is 10.0. The quantitative estimate of drug-likeness (QED) is 0.250. The number of H-pyrrole nitrogens is 1. The number of carbonyl (C=O) groups excluding carboxylic acids is 1. The van der Waals surface area contributed by atoms with Crippen LogP contribution in [0.15, 0.2) is 92.7 Å². The van der Waals surface area contributed by atoms with Crippen molar-refractivity contribution in [3.05, 3.63) is 100 Å². The largest absolute Gasteiger partial charge is 0.447 e. The number of hydrogen-bond donors (Lipinski definition) is 1. The van der Waals surface area contributed by atoms with Gasteiger partial charge in [-0.25, -0.2) is 9.78 Å². The number of likely N-dealkylation sites (tertiary alicyclic amines) is 1. The van der Waals surface area contributed by atoms with Crippen LogP contribution in [0.2, 0.25) is 0 Å². The van der Waals surface area contributed by atoms with Crippen LogP contribution in [0.25, 0.3) is 27.4 Å². The Balaban J connectivity index is 1.03. The zero-order valence-electron chi connectivity index (χ0n) is 21.8. The van der Waals surface area contributed by atoms with Gasteiger partial charge in [0, 0.05) is 24.8 Å². The molecular weight excluding hydrogens is 558 g/mol. The Morgan fingerprint density at radius 1 is 1.02 bits per heavy atom. The molecule has 0 aliphatic carbocycles. The summed E-state index contributed by atoms with van der Waals surface area (Å²) in [5.41, 5.74) is 2.86. The average Bonchev–Trinajstić information content (AvgIpc) is 3.82. The number of benzene rings is 2. The Morgan fingerprint density at radius 2 is 1.83 bits per heavy atom. The third-order valence-corrected chi connectivity index (χ3v) is 9.01. The van der Waals surface area contributed by atoms with Crippen molar-refractivity contribution in [2.45, 2.75) is 29.8 Å². The maximum atomic E-state index is 13.2. The third-order valence-electron chi connectivity index (χ3n) is 7.23. The number of amides is 1. The summed E-state index contributed by atoms with van der Waals surface area (Å²) >= 11 is 3.06. The fraction of sp³-hybridized carbons (Fsp3) is 0.207. The Kier molecular flexibility index (Phi) is 6.77. The van der Waals surface area contributed by atoms with Gasteiger partial charge in [0.1, 0.15) is 6.26 Å². The molecule has 0 saturated carbocycles. The first-order valence-corrected chi connectivity index (χ1v) is 15.1. The average molecular weight is 584 g/mol. The lowest BCUT2D eigenvalue weighted by Gasteiger charge is -2.32. The van der Waals surface area contributed by atoms with Crippen LogP contribution in [-0.4, -0.2) is 53.2 Å². The van der Waals surface area contributed by atoms with Crippen LogP contribution in [0, 0.1) is 0 Å². The van der Waals surface area contributed by atoms with Gasteiger partial charge in [0.2, 0.25) is 5.89 Å². The fourth-order valence-electron chi connectivity index (χ4n) is 5.27. The molecule has 7 rings (SSSR count). The van der Waals surface area contributed by atoms with Gasteiger partial charge in [-0.3, -0.25) is 13.9 Å². The number of nitrogens with one attached hydrogen (secondary N) is 1. The zero-order chi connectivity index (χ0) is 27.8. The third kappa shape index (κ3) is 4.89. The summed E-state index contributed by atoms with van der Waals surface area (Å²) in [6.07, 6.45) is 2.80. The minimum absolute atomic E-state index is 0.0352. The maximum absolute atomic E-state index is 13.2. The SMILES string of the molecule is O=C(c1coc(CSc2nnc(-c3cccs3)n2-c2ccccc2)n1)N1CCC(n2c(=O)[nH]c3ccccc32)CC1. The smallest absolute Gasteiger partial charge is 0.326 e. The summed E-state index contributed by atoms with van der Waals surface area (Å²) in [5.74, 6) is 1.45. The highest BCUT2D eigenvalue weighted by molar-refractivity contribution is 7.98. The Bertz CT molecular complexity index is 1860. The highest BCUT2D eigenvalue weighted by Gasteiger charge is 2.28. The fourth-order valence-corrected chi connectivity index (χ4v) is 6.77. The molecule has 0 spiro atoms. The van der Waals surface area contributed by atoms with Gasteiger partial charge < -0.3 is 14.3 Å². The first kappa shape index (κ1) is 25.5. The molecule has 41 heavy (non-hydrogen) atoms. The molecule has 12 heteroatoms. The monoisotopic (exact) mass is 583 g/mol. The van der Waals surface area contributed by atoms with Crippen LogP contribution >= 0.6 is 23.1 Å². The van der Waals surface area contributed by atoms with Crippen LogP contribution in [0.3, 0.4) is 0 Å². The number of carbonyl (C=O) groups is 1. The number of aromatic nitrogens is 6. The number of para-hydroxylation sites is 3. The van der Waals surface area contributed by atoms with Crippen molar-refractivity contribution in [1.29, 1.82) is 0 Å². The van der Waals surface area contributed by atoms with Gasteiger partial charge in [-0.05, 0) is 48.6 Å². The number of aromatic amines is 1. The number of thioether (sulfide) groups is 1. The zero-order valence-corrected chi connectivity index (χ0v) is 23.5. The molecule has 0 radical (unpaired) electrons. The van der Waals surface area contributed by atoms with Crippen LogP contribution in [0.1, 0.15) is 35.3 Å². The second-order valence-corrected chi connectivity index (χ2v) is 11.6. The lowest BCUT2D eigenvalue weighted by molar-refractivity contribution is 0.0689. The van der Waals surface area contributed by atoms with Crippen molar-refractivity contribution in [2.24, 2.45) is 0 Å². The van der Waals surface area contributed by atoms with E-state index >= 15 is 0 Å². The molecular formula is C29H25N7O3S2. The van der Waals surface area contributed by atoms with E-state index in [-0.39, 0.29) is 23.3 Å². The molecule has 1 saturated heterocycles. The first-order chi connectivity index (χ1) is 20.2. The molecule has 1 amide bonds. The van der Waals surface area contributed by atoms with E-state index in [0.717, 1.165) is 27.4 Å². The second-order valence-electron chi connectivity index (χ2n) is 9.71. The van der Waals surface area contributed by atoms with Crippen LogP contribution < -0.4 is 5.69 Å². The normalized spacial score (nSPS) is 14.2. The van der Waals surface area contributed by atoms with Crippen molar-refractivity contribution >= 4 is 40.0 Å². The predicted octanol–water partition coefficient (Wildman–Crippen LogP) is 5.40. The molecule has 6 aromatic rings. The molecule has 4 aromatic heterocycles. The summed E-state index contributed by atoms with van der Waals surface area (Å²) in [5, 5.41) is 11.6. The van der Waals surface area contributed by atoms with Gasteiger partial charge in [-0.2, -0.15) is 0 Å². The summed E-state index contributed by atoms with van der Waals surface area (Å²) in [6, 6.07) is 21.7. The van der Waals surface area contributed by atoms with Gasteiger partial charge in [-0.15, -0.1) is 21.5 Å². The highest BCUT2D eigenvalue weighted by atomic mass is 32.2. The van der Waals surface area contributed by atoms with Gasteiger partial charge >= 0.3 is 5.69 Å². The van der Waals surface area contributed by atoms with E-state index in [1.54, 1.807) is 16.2 Å². The highest BCUT2D eigenvalue weighted by Crippen LogP contribution is 2.32. The molecule has 1 fully saturated rings. The van der Waals surface area contributed by atoms with E-state index < -0.39 is 0 Å². The molecule has 10 nitrogen and oxygen atoms in total. The predicted molar refractivity (Wildman–Crippen MR) is 157 cm³/mol. The molecule has 0 atom stereocenters. The number of imidazole rings is 1. The standard InChI is InChI=1S/C29H25N7O3S2/c37-27(34-14-12-20(13-15-34)35-23-10-5-4-9-21(23)31-28(35)38)22-17-39-25(30-22)18-41-29-33-32-26(24-11-6-16-40-24)36(29)19-7-2-1-3-8-19/h1-11,16-17,20H,12-15,18H2,(H,31,38). The van der Waals surface area contributed by atoms with Crippen LogP contribution in [0.4, 0.5) is 0 Å². The van der Waals surface area contributed by atoms with Crippen molar-refractivity contribution < 1.29 is 9.21 Å². The molecule has 0 unspecified atom stereocenters. The van der Waals surface area contributed by atoms with E-state index in [0.29, 0.717) is 42.7 Å². The Morgan fingerprint density at radius 3 is 2.63 bits per heavy atom. The summed E-state index contributed by atoms with van der Waals surface area (Å²) in [4.78, 5) is 36.0. The van der Waals surface area contributed by atoms with Crippen LogP contribution in [0.5, 0.6) is 0 Å². The van der Waals surface area contributed by atoms with E-state index in [2.05, 4.69) is 20.2 Å². The number of fused-ring (bicyclic) bond motifs is 1. The topological polar surface area (TPSA) is 115 Å². The summed E-state index contributed by atoms with van der Waals surface area (Å²) < 4.78 is 9.53. The number of nitrogens with zero attached hydrogens (tertiary/aromatic N) is 6. The van der Waals surface area contributed by atoms with E-state index in [9.17, 15) is 9.59 Å². The number of piperidine rings is 1. The van der Waals surface area contributed by atoms with Gasteiger partial charge in [0.15, 0.2) is 16.7 Å². The van der Waals surface area contributed by atoms with Gasteiger partial charge in [0.05, 0.1) is 21.7 Å². The minimum Gasteiger partial charge on any atom is -0.447 e. The first-order valence-electron chi connectivity index (χ1n) is 13.3. The van der Waals surface area contributed by atoms with E-state index in [1.165, 1.54) is 18.0 Å². The Hall–Kier alpha value is -4.42. The van der Waals surface area contributed by atoms with Crippen molar-refractivity contribution in [3.8, 4) is 16.4 Å². The van der Waals surface area contributed by atoms with Crippen molar-refractivity contribution in [1.82, 2.24) is 34.2 Å². The number of rotatable bonds is 7. The van der Waals surface area contributed by atoms with E-state index in [1.807, 2.05) is 81.2 Å². The molecule has 1 aliphatic rings. The van der Waals surface area contributed by atoms with E-state index in [4.69, 9.17) is 4.42 Å². The second kappa shape index (κ2) is 10.9. The number of oxazole rings is 1. The molecule has 2 aromatic carbocycles. The summed E-state index contributed by atoms with van der Waals surface area (Å²) in [6.45, 7) is 1.08. The Labute approximate surface area is 242 Å². The van der Waals surface area contributed by atoms with Crippen molar-refractivity contribution in [3.63, 3.8) is 0 Å². The molecule has 0 bridgehead atoms. The van der Waals surface area contributed by atoms with Crippen LogP contribution in [-0.2, 0) is 5.75 Å². The number of hydrogen-bond acceptors (Lipinski definition) is 8. The molecule has 1 aliphatic heterocycles. The molecule has 206 valence electrons. The number of thiophene rings is 1. The molecule has 5 heterocycles. The van der Waals surface area contributed by atoms with Gasteiger partial charge in [-0.1, -0.05) is 48.2 Å². The maximum Gasteiger partial charge on any atom is 0.326 e. The minimum atomic E-state index is -0.165.